The Kier molecular flexibility index (Phi) is 4.84. The zero-order chi connectivity index (χ0) is 17.1. The highest BCUT2D eigenvalue weighted by molar-refractivity contribution is 5.90. The molecule has 2 N–H and O–H groups in total. The summed E-state index contributed by atoms with van der Waals surface area (Å²) in [6.45, 7) is 6.63. The van der Waals surface area contributed by atoms with Crippen molar-refractivity contribution in [1.82, 2.24) is 0 Å². The van der Waals surface area contributed by atoms with Crippen LogP contribution in [0.1, 0.15) is 42.0 Å². The number of aryl methyl sites for hydroxylation is 2. The van der Waals surface area contributed by atoms with Crippen LogP contribution in [0, 0.1) is 13.8 Å². The predicted molar refractivity (Wildman–Crippen MR) is 90.9 cm³/mol. The summed E-state index contributed by atoms with van der Waals surface area (Å²) >= 11 is 0. The maximum Gasteiger partial charge on any atom is 0.221 e. The van der Waals surface area contributed by atoms with E-state index in [0.29, 0.717) is 5.69 Å². The van der Waals surface area contributed by atoms with Crippen molar-refractivity contribution in [1.29, 1.82) is 0 Å². The third kappa shape index (κ3) is 3.77. The Bertz CT molecular complexity index is 742. The number of benzene rings is 2. The van der Waals surface area contributed by atoms with Gasteiger partial charge in [0.15, 0.2) is 0 Å². The highest BCUT2D eigenvalue weighted by Crippen LogP contribution is 2.32. The first-order chi connectivity index (χ1) is 10.8. The largest absolute Gasteiger partial charge is 0.507 e. The maximum absolute atomic E-state index is 12.2. The van der Waals surface area contributed by atoms with E-state index < -0.39 is 5.92 Å². The molecular formula is C19H21NO3. The van der Waals surface area contributed by atoms with E-state index in [1.807, 2.05) is 44.2 Å². The molecule has 23 heavy (non-hydrogen) atoms. The molecule has 1 amide bonds. The second kappa shape index (κ2) is 6.65. The van der Waals surface area contributed by atoms with E-state index in [1.165, 1.54) is 6.92 Å². The lowest BCUT2D eigenvalue weighted by molar-refractivity contribution is -0.117. The standard InChI is InChI=1S/C19H21NO3/c1-11-8-16(9-12(2)19(11)23)18(13(3)21)15-6-5-7-17(10-15)20-14(4)22/h5-10,18,23H,1-4H3,(H,20,22). The Morgan fingerprint density at radius 2 is 1.61 bits per heavy atom. The van der Waals surface area contributed by atoms with Crippen LogP contribution in [0.2, 0.25) is 0 Å². The number of hydrogen-bond donors (Lipinski definition) is 2. The van der Waals surface area contributed by atoms with Gasteiger partial charge in [-0.3, -0.25) is 9.59 Å². The van der Waals surface area contributed by atoms with Gasteiger partial charge < -0.3 is 10.4 Å². The van der Waals surface area contributed by atoms with E-state index in [2.05, 4.69) is 5.32 Å². The molecule has 0 radical (unpaired) electrons. The summed E-state index contributed by atoms with van der Waals surface area (Å²) in [6, 6.07) is 10.9. The van der Waals surface area contributed by atoms with Crippen molar-refractivity contribution in [3.8, 4) is 5.75 Å². The number of phenolic OH excluding ortho intramolecular Hbond substituents is 1. The highest BCUT2D eigenvalue weighted by atomic mass is 16.3. The summed E-state index contributed by atoms with van der Waals surface area (Å²) in [7, 11) is 0. The quantitative estimate of drug-likeness (QED) is 0.905. The fourth-order valence-corrected chi connectivity index (χ4v) is 2.82. The van der Waals surface area contributed by atoms with Crippen LogP contribution in [0.15, 0.2) is 36.4 Å². The van der Waals surface area contributed by atoms with E-state index in [0.717, 1.165) is 22.3 Å². The lowest BCUT2D eigenvalue weighted by Gasteiger charge is -2.18. The molecule has 0 aliphatic heterocycles. The minimum atomic E-state index is -0.429. The zero-order valence-electron chi connectivity index (χ0n) is 13.8. The van der Waals surface area contributed by atoms with Gasteiger partial charge in [-0.2, -0.15) is 0 Å². The van der Waals surface area contributed by atoms with Gasteiger partial charge in [-0.15, -0.1) is 0 Å². The van der Waals surface area contributed by atoms with Crippen molar-refractivity contribution in [3.63, 3.8) is 0 Å². The number of phenols is 1. The van der Waals surface area contributed by atoms with Crippen LogP contribution in [0.25, 0.3) is 0 Å². The molecule has 0 saturated heterocycles. The number of ketones is 1. The van der Waals surface area contributed by atoms with Crippen LogP contribution in [0.3, 0.4) is 0 Å². The van der Waals surface area contributed by atoms with E-state index in [-0.39, 0.29) is 17.4 Å². The fraction of sp³-hybridized carbons (Fsp3) is 0.263. The number of Topliss-reactive ketones (excluding diaryl/α,β-unsaturated/α-hetero) is 1. The van der Waals surface area contributed by atoms with Gasteiger partial charge >= 0.3 is 0 Å². The highest BCUT2D eigenvalue weighted by Gasteiger charge is 2.21. The van der Waals surface area contributed by atoms with Crippen LogP contribution in [-0.4, -0.2) is 16.8 Å². The van der Waals surface area contributed by atoms with Crippen molar-refractivity contribution < 1.29 is 14.7 Å². The van der Waals surface area contributed by atoms with Gasteiger partial charge in [0.1, 0.15) is 11.5 Å². The summed E-state index contributed by atoms with van der Waals surface area (Å²) in [5, 5.41) is 12.7. The van der Waals surface area contributed by atoms with Crippen LogP contribution in [0.5, 0.6) is 5.75 Å². The number of hydrogen-bond acceptors (Lipinski definition) is 3. The van der Waals surface area contributed by atoms with Crippen LogP contribution < -0.4 is 5.32 Å². The monoisotopic (exact) mass is 311 g/mol. The van der Waals surface area contributed by atoms with Gasteiger partial charge in [-0.25, -0.2) is 0 Å². The number of aromatic hydroxyl groups is 1. The number of carbonyl (C=O) groups excluding carboxylic acids is 2. The molecule has 0 aliphatic rings. The van der Waals surface area contributed by atoms with Gasteiger partial charge in [-0.1, -0.05) is 24.3 Å². The summed E-state index contributed by atoms with van der Waals surface area (Å²) in [6.07, 6.45) is 0. The van der Waals surface area contributed by atoms with Crippen LogP contribution >= 0.6 is 0 Å². The predicted octanol–water partition coefficient (Wildman–Crippen LogP) is 3.69. The topological polar surface area (TPSA) is 66.4 Å². The Morgan fingerprint density at radius 1 is 1.00 bits per heavy atom. The normalized spacial score (nSPS) is 11.8. The Morgan fingerprint density at radius 3 is 2.13 bits per heavy atom. The molecule has 0 aliphatic carbocycles. The number of rotatable bonds is 4. The fourth-order valence-electron chi connectivity index (χ4n) is 2.82. The molecule has 1 unspecified atom stereocenters. The van der Waals surface area contributed by atoms with Gasteiger partial charge in [-0.05, 0) is 55.2 Å². The Hall–Kier alpha value is -2.62. The molecule has 0 spiro atoms. The van der Waals surface area contributed by atoms with Crippen molar-refractivity contribution >= 4 is 17.4 Å². The first-order valence-corrected chi connectivity index (χ1v) is 7.47. The molecule has 0 aromatic heterocycles. The zero-order valence-corrected chi connectivity index (χ0v) is 13.8. The smallest absolute Gasteiger partial charge is 0.221 e. The molecule has 2 aromatic carbocycles. The molecule has 1 atom stereocenters. The third-order valence-electron chi connectivity index (χ3n) is 3.79. The van der Waals surface area contributed by atoms with E-state index in [1.54, 1.807) is 13.0 Å². The molecular weight excluding hydrogens is 290 g/mol. The van der Waals surface area contributed by atoms with Crippen LogP contribution in [0.4, 0.5) is 5.69 Å². The minimum Gasteiger partial charge on any atom is -0.507 e. The Balaban J connectivity index is 2.51. The van der Waals surface area contributed by atoms with Gasteiger partial charge in [0.25, 0.3) is 0 Å². The molecule has 120 valence electrons. The van der Waals surface area contributed by atoms with Gasteiger partial charge in [0, 0.05) is 12.6 Å². The van der Waals surface area contributed by atoms with E-state index >= 15 is 0 Å². The van der Waals surface area contributed by atoms with Gasteiger partial charge in [0.2, 0.25) is 5.91 Å². The van der Waals surface area contributed by atoms with E-state index in [4.69, 9.17) is 0 Å². The first kappa shape index (κ1) is 16.7. The lowest BCUT2D eigenvalue weighted by atomic mass is 9.86. The summed E-state index contributed by atoms with van der Waals surface area (Å²) in [5.41, 5.74) is 3.79. The van der Waals surface area contributed by atoms with Crippen molar-refractivity contribution in [3.05, 3.63) is 58.7 Å². The van der Waals surface area contributed by atoms with Crippen LogP contribution in [-0.2, 0) is 9.59 Å². The maximum atomic E-state index is 12.2. The Labute approximate surface area is 136 Å². The van der Waals surface area contributed by atoms with Gasteiger partial charge in [0.05, 0.1) is 5.92 Å². The average molecular weight is 311 g/mol. The summed E-state index contributed by atoms with van der Waals surface area (Å²) < 4.78 is 0. The molecule has 0 fully saturated rings. The number of anilines is 1. The minimum absolute atomic E-state index is 0.00876. The lowest BCUT2D eigenvalue weighted by Crippen LogP contribution is -2.12. The molecule has 4 nitrogen and oxygen atoms in total. The molecule has 0 bridgehead atoms. The van der Waals surface area contributed by atoms with Crippen molar-refractivity contribution in [2.45, 2.75) is 33.6 Å². The third-order valence-corrected chi connectivity index (χ3v) is 3.79. The van der Waals surface area contributed by atoms with E-state index in [9.17, 15) is 14.7 Å². The number of amides is 1. The van der Waals surface area contributed by atoms with Crippen molar-refractivity contribution in [2.75, 3.05) is 5.32 Å². The second-order valence-electron chi connectivity index (χ2n) is 5.85. The molecule has 2 rings (SSSR count). The first-order valence-electron chi connectivity index (χ1n) is 7.47. The molecule has 2 aromatic rings. The molecule has 0 saturated carbocycles. The SMILES string of the molecule is CC(=O)Nc1cccc(C(C(C)=O)c2cc(C)c(O)c(C)c2)c1. The second-order valence-corrected chi connectivity index (χ2v) is 5.85. The molecule has 0 heterocycles. The molecule has 4 heteroatoms. The number of carbonyl (C=O) groups is 2. The van der Waals surface area contributed by atoms with Crippen molar-refractivity contribution in [2.24, 2.45) is 0 Å². The summed E-state index contributed by atoms with van der Waals surface area (Å²) in [5.74, 6) is -0.322. The number of nitrogens with one attached hydrogen (secondary N) is 1. The average Bonchev–Trinajstić information content (AvgIpc) is 2.44. The summed E-state index contributed by atoms with van der Waals surface area (Å²) in [4.78, 5) is 23.5.